The molecule has 2 aliphatic rings. The summed E-state index contributed by atoms with van der Waals surface area (Å²) in [5.41, 5.74) is 2.98. The fourth-order valence-corrected chi connectivity index (χ4v) is 3.85. The summed E-state index contributed by atoms with van der Waals surface area (Å²) in [5.74, 6) is -0.164. The first kappa shape index (κ1) is 18.1. The number of fused-ring (bicyclic) bond motifs is 1. The molecule has 1 saturated carbocycles. The van der Waals surface area contributed by atoms with Crippen molar-refractivity contribution in [3.63, 3.8) is 0 Å². The molecule has 0 aromatic heterocycles. The third-order valence-electron chi connectivity index (χ3n) is 5.53. The van der Waals surface area contributed by atoms with Crippen LogP contribution in [0, 0.1) is 5.82 Å². The normalized spacial score (nSPS) is 17.2. The number of nitrogens with zero attached hydrogens (tertiary/aromatic N) is 2. The van der Waals surface area contributed by atoms with E-state index in [0.717, 1.165) is 31.5 Å². The van der Waals surface area contributed by atoms with Gasteiger partial charge in [0.2, 0.25) is 5.91 Å². The standard InChI is InChI=1S/C22H25FN2O2/c23-18-7-5-17(6-8-18)21(26)15-24(19-9-10-19)13-12-22(27)25-14-11-16-3-1-2-4-20(16)25/h1-8,19,21,26H,9-15H2. The Morgan fingerprint density at radius 2 is 1.93 bits per heavy atom. The minimum Gasteiger partial charge on any atom is -0.387 e. The van der Waals surface area contributed by atoms with E-state index in [1.807, 2.05) is 23.1 Å². The lowest BCUT2D eigenvalue weighted by atomic mass is 10.1. The van der Waals surface area contributed by atoms with Crippen LogP contribution >= 0.6 is 0 Å². The summed E-state index contributed by atoms with van der Waals surface area (Å²) in [5, 5.41) is 10.5. The molecule has 1 aliphatic carbocycles. The zero-order valence-electron chi connectivity index (χ0n) is 15.4. The lowest BCUT2D eigenvalue weighted by Crippen LogP contribution is -2.36. The first-order valence-corrected chi connectivity index (χ1v) is 9.67. The number of hydrogen-bond acceptors (Lipinski definition) is 3. The summed E-state index contributed by atoms with van der Waals surface area (Å²) in [6.45, 7) is 1.86. The minimum absolute atomic E-state index is 0.141. The maximum atomic E-state index is 13.1. The molecule has 142 valence electrons. The van der Waals surface area contributed by atoms with Gasteiger partial charge in [-0.25, -0.2) is 4.39 Å². The molecule has 0 radical (unpaired) electrons. The number of carbonyl (C=O) groups is 1. The van der Waals surface area contributed by atoms with Gasteiger partial charge in [-0.3, -0.25) is 9.69 Å². The SMILES string of the molecule is O=C(CCN(CC(O)c1ccc(F)cc1)C1CC1)N1CCc2ccccc21. The molecule has 1 N–H and O–H groups in total. The van der Waals surface area contributed by atoms with Crippen molar-refractivity contribution in [2.45, 2.75) is 37.8 Å². The first-order valence-electron chi connectivity index (χ1n) is 9.67. The van der Waals surface area contributed by atoms with Gasteiger partial charge in [0.15, 0.2) is 0 Å². The molecular weight excluding hydrogens is 343 g/mol. The van der Waals surface area contributed by atoms with Crippen LogP contribution in [0.2, 0.25) is 0 Å². The molecule has 2 aromatic rings. The van der Waals surface area contributed by atoms with E-state index in [1.165, 1.54) is 17.7 Å². The maximum absolute atomic E-state index is 13.1. The topological polar surface area (TPSA) is 43.8 Å². The molecule has 4 rings (SSSR count). The molecule has 5 heteroatoms. The van der Waals surface area contributed by atoms with E-state index in [9.17, 15) is 14.3 Å². The van der Waals surface area contributed by atoms with Crippen LogP contribution in [0.4, 0.5) is 10.1 Å². The molecule has 1 fully saturated rings. The van der Waals surface area contributed by atoms with Gasteiger partial charge in [-0.1, -0.05) is 30.3 Å². The largest absolute Gasteiger partial charge is 0.387 e. The number of amides is 1. The number of aliphatic hydroxyl groups is 1. The number of halogens is 1. The molecular formula is C22H25FN2O2. The smallest absolute Gasteiger partial charge is 0.228 e. The van der Waals surface area contributed by atoms with Gasteiger partial charge in [-0.15, -0.1) is 0 Å². The number of rotatable bonds is 7. The summed E-state index contributed by atoms with van der Waals surface area (Å²) in [7, 11) is 0. The lowest BCUT2D eigenvalue weighted by molar-refractivity contribution is -0.119. The molecule has 2 aromatic carbocycles. The zero-order chi connectivity index (χ0) is 18.8. The highest BCUT2D eigenvalue weighted by atomic mass is 19.1. The Labute approximate surface area is 159 Å². The Morgan fingerprint density at radius 1 is 1.19 bits per heavy atom. The van der Waals surface area contributed by atoms with Crippen molar-refractivity contribution in [2.24, 2.45) is 0 Å². The lowest BCUT2D eigenvalue weighted by Gasteiger charge is -2.26. The third-order valence-corrected chi connectivity index (χ3v) is 5.53. The van der Waals surface area contributed by atoms with Crippen LogP contribution in [0.3, 0.4) is 0 Å². The molecule has 1 unspecified atom stereocenters. The van der Waals surface area contributed by atoms with E-state index < -0.39 is 6.10 Å². The van der Waals surface area contributed by atoms with Gasteiger partial charge in [-0.05, 0) is 48.6 Å². The first-order chi connectivity index (χ1) is 13.1. The molecule has 1 aliphatic heterocycles. The van der Waals surface area contributed by atoms with E-state index in [4.69, 9.17) is 0 Å². The van der Waals surface area contributed by atoms with Crippen molar-refractivity contribution in [3.8, 4) is 0 Å². The molecule has 4 nitrogen and oxygen atoms in total. The summed E-state index contributed by atoms with van der Waals surface area (Å²) in [6.07, 6.45) is 2.90. The Morgan fingerprint density at radius 3 is 2.67 bits per heavy atom. The van der Waals surface area contributed by atoms with E-state index in [-0.39, 0.29) is 11.7 Å². The molecule has 0 spiro atoms. The van der Waals surface area contributed by atoms with Gasteiger partial charge in [0.25, 0.3) is 0 Å². The van der Waals surface area contributed by atoms with Crippen molar-refractivity contribution in [2.75, 3.05) is 24.5 Å². The van der Waals surface area contributed by atoms with E-state index >= 15 is 0 Å². The van der Waals surface area contributed by atoms with Crippen LogP contribution in [0.25, 0.3) is 0 Å². The van der Waals surface area contributed by atoms with Crippen molar-refractivity contribution in [1.82, 2.24) is 4.90 Å². The number of aliphatic hydroxyl groups excluding tert-OH is 1. The van der Waals surface area contributed by atoms with Crippen LogP contribution in [0.5, 0.6) is 0 Å². The van der Waals surface area contributed by atoms with Gasteiger partial charge >= 0.3 is 0 Å². The van der Waals surface area contributed by atoms with Gasteiger partial charge in [0.05, 0.1) is 6.10 Å². The second-order valence-electron chi connectivity index (χ2n) is 7.47. The summed E-state index contributed by atoms with van der Waals surface area (Å²) < 4.78 is 13.1. The van der Waals surface area contributed by atoms with Crippen LogP contribution < -0.4 is 4.90 Å². The predicted octanol–water partition coefficient (Wildman–Crippen LogP) is 3.30. The summed E-state index contributed by atoms with van der Waals surface area (Å²) in [4.78, 5) is 16.8. The molecule has 0 bridgehead atoms. The second kappa shape index (κ2) is 7.79. The third kappa shape index (κ3) is 4.20. The number of benzene rings is 2. The molecule has 1 amide bonds. The van der Waals surface area contributed by atoms with Crippen LogP contribution in [-0.2, 0) is 11.2 Å². The van der Waals surface area contributed by atoms with Gasteiger partial charge in [0.1, 0.15) is 5.82 Å². The molecule has 1 heterocycles. The second-order valence-corrected chi connectivity index (χ2v) is 7.47. The Hall–Kier alpha value is -2.24. The number of anilines is 1. The monoisotopic (exact) mass is 368 g/mol. The van der Waals surface area contributed by atoms with Crippen LogP contribution in [0.1, 0.15) is 36.5 Å². The minimum atomic E-state index is -0.672. The van der Waals surface area contributed by atoms with Crippen LogP contribution in [-0.4, -0.2) is 41.6 Å². The van der Waals surface area contributed by atoms with Gasteiger partial charge in [-0.2, -0.15) is 0 Å². The highest BCUT2D eigenvalue weighted by Gasteiger charge is 2.32. The molecule has 1 atom stereocenters. The Balaban J connectivity index is 1.35. The number of hydrogen-bond donors (Lipinski definition) is 1. The molecule has 0 saturated heterocycles. The highest BCUT2D eigenvalue weighted by molar-refractivity contribution is 5.95. The Bertz CT molecular complexity index is 804. The van der Waals surface area contributed by atoms with E-state index in [0.29, 0.717) is 31.1 Å². The van der Waals surface area contributed by atoms with Gasteiger partial charge in [0, 0.05) is 37.8 Å². The average molecular weight is 368 g/mol. The van der Waals surface area contributed by atoms with E-state index in [1.54, 1.807) is 12.1 Å². The van der Waals surface area contributed by atoms with E-state index in [2.05, 4.69) is 11.0 Å². The summed E-state index contributed by atoms with van der Waals surface area (Å²) in [6, 6.07) is 14.5. The Kier molecular flexibility index (Phi) is 5.23. The van der Waals surface area contributed by atoms with Gasteiger partial charge < -0.3 is 10.0 Å². The summed E-state index contributed by atoms with van der Waals surface area (Å²) >= 11 is 0. The molecule has 27 heavy (non-hydrogen) atoms. The number of carbonyl (C=O) groups excluding carboxylic acids is 1. The van der Waals surface area contributed by atoms with Crippen LogP contribution in [0.15, 0.2) is 48.5 Å². The fourth-order valence-electron chi connectivity index (χ4n) is 3.85. The van der Waals surface area contributed by atoms with Crippen molar-refractivity contribution >= 4 is 11.6 Å². The fraction of sp³-hybridized carbons (Fsp3) is 0.409. The van der Waals surface area contributed by atoms with Crippen molar-refractivity contribution in [1.29, 1.82) is 0 Å². The number of para-hydroxylation sites is 1. The highest BCUT2D eigenvalue weighted by Crippen LogP contribution is 2.31. The van der Waals surface area contributed by atoms with Crippen molar-refractivity contribution < 1.29 is 14.3 Å². The quantitative estimate of drug-likeness (QED) is 0.816. The maximum Gasteiger partial charge on any atom is 0.228 e. The average Bonchev–Trinajstić information content (AvgIpc) is 3.44. The van der Waals surface area contributed by atoms with Crippen molar-refractivity contribution in [3.05, 3.63) is 65.5 Å². The zero-order valence-corrected chi connectivity index (χ0v) is 15.4. The predicted molar refractivity (Wildman–Crippen MR) is 103 cm³/mol.